The molecule has 2 saturated carbocycles. The molecule has 1 N–H and O–H groups in total. The molecule has 0 aromatic heterocycles. The Morgan fingerprint density at radius 1 is 1.00 bits per heavy atom. The van der Waals surface area contributed by atoms with E-state index in [0.29, 0.717) is 5.92 Å². The number of benzene rings is 1. The monoisotopic (exact) mass is 286 g/mol. The van der Waals surface area contributed by atoms with Crippen LogP contribution in [0.5, 0.6) is 0 Å². The SMILES string of the molecule is O=C(O)C1(c2cccc(C3CCCCC3)c2)CCCCC1. The molecule has 2 aliphatic rings. The molecular weight excluding hydrogens is 260 g/mol. The van der Waals surface area contributed by atoms with Gasteiger partial charge in [0, 0.05) is 0 Å². The van der Waals surface area contributed by atoms with Crippen molar-refractivity contribution in [2.45, 2.75) is 75.5 Å². The van der Waals surface area contributed by atoms with Crippen molar-refractivity contribution in [3.05, 3.63) is 35.4 Å². The Hall–Kier alpha value is -1.31. The van der Waals surface area contributed by atoms with Gasteiger partial charge in [0.25, 0.3) is 0 Å². The maximum absolute atomic E-state index is 12.0. The zero-order valence-electron chi connectivity index (χ0n) is 12.8. The van der Waals surface area contributed by atoms with Crippen LogP contribution in [-0.2, 0) is 10.2 Å². The lowest BCUT2D eigenvalue weighted by Gasteiger charge is -2.34. The number of aliphatic carboxylic acids is 1. The summed E-state index contributed by atoms with van der Waals surface area (Å²) < 4.78 is 0. The lowest BCUT2D eigenvalue weighted by Crippen LogP contribution is -2.37. The third-order valence-corrected chi connectivity index (χ3v) is 5.63. The molecule has 2 aliphatic carbocycles. The van der Waals surface area contributed by atoms with E-state index < -0.39 is 11.4 Å². The van der Waals surface area contributed by atoms with Crippen LogP contribution >= 0.6 is 0 Å². The minimum atomic E-state index is -0.622. The second-order valence-electron chi connectivity index (χ2n) is 6.91. The Labute approximate surface area is 127 Å². The van der Waals surface area contributed by atoms with Crippen LogP contribution in [0.2, 0.25) is 0 Å². The molecule has 0 bridgehead atoms. The molecule has 0 aliphatic heterocycles. The number of carboxylic acid groups (broad SMARTS) is 1. The van der Waals surface area contributed by atoms with E-state index in [0.717, 1.165) is 31.2 Å². The predicted octanol–water partition coefficient (Wildman–Crippen LogP) is 5.02. The fourth-order valence-electron chi connectivity index (χ4n) is 4.31. The molecule has 0 heterocycles. The highest BCUT2D eigenvalue weighted by molar-refractivity contribution is 5.81. The molecule has 3 rings (SSSR count). The Balaban J connectivity index is 1.91. The third kappa shape index (κ3) is 2.86. The fraction of sp³-hybridized carbons (Fsp3) is 0.632. The van der Waals surface area contributed by atoms with Gasteiger partial charge in [-0.1, -0.05) is 62.8 Å². The van der Waals surface area contributed by atoms with Crippen LogP contribution in [0.1, 0.15) is 81.3 Å². The summed E-state index contributed by atoms with van der Waals surface area (Å²) in [7, 11) is 0. The molecule has 2 heteroatoms. The molecular formula is C19H26O2. The van der Waals surface area contributed by atoms with Crippen molar-refractivity contribution in [3.63, 3.8) is 0 Å². The summed E-state index contributed by atoms with van der Waals surface area (Å²) in [5, 5.41) is 9.84. The van der Waals surface area contributed by atoms with Gasteiger partial charge in [-0.3, -0.25) is 4.79 Å². The summed E-state index contributed by atoms with van der Waals surface area (Å²) in [6.07, 6.45) is 11.4. The second kappa shape index (κ2) is 6.21. The van der Waals surface area contributed by atoms with Gasteiger partial charge in [-0.15, -0.1) is 0 Å². The van der Waals surface area contributed by atoms with Gasteiger partial charge >= 0.3 is 5.97 Å². The van der Waals surface area contributed by atoms with E-state index >= 15 is 0 Å². The average molecular weight is 286 g/mol. The smallest absolute Gasteiger partial charge is 0.314 e. The van der Waals surface area contributed by atoms with Crippen molar-refractivity contribution in [1.82, 2.24) is 0 Å². The van der Waals surface area contributed by atoms with Crippen LogP contribution in [0.25, 0.3) is 0 Å². The molecule has 0 amide bonds. The molecule has 114 valence electrons. The minimum Gasteiger partial charge on any atom is -0.481 e. The summed E-state index contributed by atoms with van der Waals surface area (Å²) in [6.45, 7) is 0. The van der Waals surface area contributed by atoms with Crippen molar-refractivity contribution >= 4 is 5.97 Å². The van der Waals surface area contributed by atoms with Crippen molar-refractivity contribution in [3.8, 4) is 0 Å². The van der Waals surface area contributed by atoms with Gasteiger partial charge in [-0.25, -0.2) is 0 Å². The molecule has 0 radical (unpaired) electrons. The summed E-state index contributed by atoms with van der Waals surface area (Å²) in [5.41, 5.74) is 1.80. The van der Waals surface area contributed by atoms with E-state index in [1.165, 1.54) is 44.1 Å². The first kappa shape index (κ1) is 14.6. The quantitative estimate of drug-likeness (QED) is 0.847. The lowest BCUT2D eigenvalue weighted by molar-refractivity contribution is -0.145. The largest absolute Gasteiger partial charge is 0.481 e. The van der Waals surface area contributed by atoms with E-state index in [1.807, 2.05) is 6.07 Å². The highest BCUT2D eigenvalue weighted by atomic mass is 16.4. The van der Waals surface area contributed by atoms with Gasteiger partial charge in [0.1, 0.15) is 0 Å². The molecule has 1 aromatic carbocycles. The molecule has 0 unspecified atom stereocenters. The molecule has 1 aromatic rings. The normalized spacial score (nSPS) is 22.9. The fourth-order valence-corrected chi connectivity index (χ4v) is 4.31. The molecule has 0 saturated heterocycles. The van der Waals surface area contributed by atoms with E-state index in [9.17, 15) is 9.90 Å². The summed E-state index contributed by atoms with van der Waals surface area (Å²) in [5.74, 6) is 0.0242. The average Bonchev–Trinajstić information content (AvgIpc) is 2.56. The molecule has 2 fully saturated rings. The molecule has 2 nitrogen and oxygen atoms in total. The topological polar surface area (TPSA) is 37.3 Å². The maximum atomic E-state index is 12.0. The van der Waals surface area contributed by atoms with Crippen LogP contribution in [0.15, 0.2) is 24.3 Å². The number of rotatable bonds is 3. The standard InChI is InChI=1S/C19H26O2/c20-18(21)19(12-5-2-6-13-19)17-11-7-10-16(14-17)15-8-3-1-4-9-15/h7,10-11,14-15H,1-6,8-9,12-13H2,(H,20,21). The molecule has 21 heavy (non-hydrogen) atoms. The number of hydrogen-bond donors (Lipinski definition) is 1. The first-order chi connectivity index (χ1) is 10.2. The molecule has 0 atom stereocenters. The van der Waals surface area contributed by atoms with Crippen molar-refractivity contribution in [2.24, 2.45) is 0 Å². The van der Waals surface area contributed by atoms with Gasteiger partial charge in [-0.05, 0) is 42.7 Å². The van der Waals surface area contributed by atoms with E-state index in [2.05, 4.69) is 18.2 Å². The Morgan fingerprint density at radius 2 is 1.67 bits per heavy atom. The Morgan fingerprint density at radius 3 is 2.33 bits per heavy atom. The van der Waals surface area contributed by atoms with Crippen LogP contribution in [0.4, 0.5) is 0 Å². The molecule has 0 spiro atoms. The predicted molar refractivity (Wildman–Crippen MR) is 84.7 cm³/mol. The van der Waals surface area contributed by atoms with Gasteiger partial charge in [0.2, 0.25) is 0 Å². The first-order valence-corrected chi connectivity index (χ1v) is 8.56. The maximum Gasteiger partial charge on any atom is 0.314 e. The van der Waals surface area contributed by atoms with Crippen LogP contribution in [-0.4, -0.2) is 11.1 Å². The van der Waals surface area contributed by atoms with Crippen molar-refractivity contribution in [1.29, 1.82) is 0 Å². The number of carbonyl (C=O) groups is 1. The van der Waals surface area contributed by atoms with E-state index in [-0.39, 0.29) is 0 Å². The highest BCUT2D eigenvalue weighted by Crippen LogP contribution is 2.41. The number of hydrogen-bond acceptors (Lipinski definition) is 1. The summed E-state index contributed by atoms with van der Waals surface area (Å²) >= 11 is 0. The van der Waals surface area contributed by atoms with E-state index in [1.54, 1.807) is 0 Å². The van der Waals surface area contributed by atoms with Gasteiger partial charge in [0.05, 0.1) is 5.41 Å². The number of carboxylic acids is 1. The Kier molecular flexibility index (Phi) is 4.32. The van der Waals surface area contributed by atoms with Crippen molar-refractivity contribution < 1.29 is 9.90 Å². The van der Waals surface area contributed by atoms with Crippen LogP contribution in [0.3, 0.4) is 0 Å². The minimum absolute atomic E-state index is 0.622. The lowest BCUT2D eigenvalue weighted by atomic mass is 9.68. The second-order valence-corrected chi connectivity index (χ2v) is 6.91. The summed E-state index contributed by atoms with van der Waals surface area (Å²) in [4.78, 5) is 12.0. The van der Waals surface area contributed by atoms with Gasteiger partial charge < -0.3 is 5.11 Å². The zero-order chi connectivity index (χ0) is 14.7. The van der Waals surface area contributed by atoms with Gasteiger partial charge in [-0.2, -0.15) is 0 Å². The van der Waals surface area contributed by atoms with Gasteiger partial charge in [0.15, 0.2) is 0 Å². The summed E-state index contributed by atoms with van der Waals surface area (Å²) in [6, 6.07) is 8.55. The highest BCUT2D eigenvalue weighted by Gasteiger charge is 2.41. The first-order valence-electron chi connectivity index (χ1n) is 8.56. The zero-order valence-corrected chi connectivity index (χ0v) is 12.8. The van der Waals surface area contributed by atoms with Crippen molar-refractivity contribution in [2.75, 3.05) is 0 Å². The Bertz CT molecular complexity index is 494. The van der Waals surface area contributed by atoms with Crippen LogP contribution < -0.4 is 0 Å². The van der Waals surface area contributed by atoms with E-state index in [4.69, 9.17) is 0 Å². The van der Waals surface area contributed by atoms with Crippen LogP contribution in [0, 0.1) is 0 Å². The third-order valence-electron chi connectivity index (χ3n) is 5.63.